The largest absolute Gasteiger partial charge is 0.507 e. The van der Waals surface area contributed by atoms with E-state index in [1.807, 2.05) is 6.07 Å². The van der Waals surface area contributed by atoms with Crippen LogP contribution >= 0.6 is 0 Å². The first-order valence-electron chi connectivity index (χ1n) is 7.02. The van der Waals surface area contributed by atoms with Crippen LogP contribution in [0.25, 0.3) is 0 Å². The normalized spacial score (nSPS) is 20.8. The van der Waals surface area contributed by atoms with Crippen LogP contribution in [0.4, 0.5) is 5.69 Å². The third-order valence-corrected chi connectivity index (χ3v) is 3.87. The Kier molecular flexibility index (Phi) is 4.66. The van der Waals surface area contributed by atoms with Gasteiger partial charge in [-0.15, -0.1) is 0 Å². The molecule has 2 rings (SSSR count). The Labute approximate surface area is 114 Å². The van der Waals surface area contributed by atoms with Gasteiger partial charge in [0.25, 0.3) is 0 Å². The topological polar surface area (TPSA) is 63.9 Å². The minimum absolute atomic E-state index is 0.153. The van der Waals surface area contributed by atoms with Crippen molar-refractivity contribution in [3.8, 4) is 5.75 Å². The fraction of sp³-hybridized carbons (Fsp3) is 0.600. The fourth-order valence-corrected chi connectivity index (χ4v) is 2.87. The van der Waals surface area contributed by atoms with E-state index in [0.29, 0.717) is 11.6 Å². The highest BCUT2D eigenvalue weighted by Crippen LogP contribution is 2.33. The number of phenolic OH excluding ortho intramolecular Hbond substituents is 1. The highest BCUT2D eigenvalue weighted by atomic mass is 16.3. The second-order valence-corrected chi connectivity index (χ2v) is 5.27. The van der Waals surface area contributed by atoms with Crippen LogP contribution in [0.15, 0.2) is 18.2 Å². The lowest BCUT2D eigenvalue weighted by Crippen LogP contribution is -2.29. The van der Waals surface area contributed by atoms with E-state index in [1.54, 1.807) is 19.1 Å². The van der Waals surface area contributed by atoms with E-state index in [9.17, 15) is 10.2 Å². The molecule has 0 saturated carbocycles. The molecular formula is C15H23NO3. The van der Waals surface area contributed by atoms with Crippen LogP contribution in [0.2, 0.25) is 0 Å². The molecule has 0 bridgehead atoms. The maximum absolute atomic E-state index is 9.96. The van der Waals surface area contributed by atoms with Gasteiger partial charge >= 0.3 is 0 Å². The Morgan fingerprint density at radius 3 is 2.84 bits per heavy atom. The molecule has 1 aliphatic rings. The van der Waals surface area contributed by atoms with E-state index in [1.165, 1.54) is 0 Å². The van der Waals surface area contributed by atoms with Gasteiger partial charge in [0.05, 0.1) is 6.10 Å². The van der Waals surface area contributed by atoms with Crippen LogP contribution in [0, 0.1) is 0 Å². The first-order chi connectivity index (χ1) is 9.13. The minimum Gasteiger partial charge on any atom is -0.507 e. The van der Waals surface area contributed by atoms with Gasteiger partial charge in [-0.1, -0.05) is 6.07 Å². The van der Waals surface area contributed by atoms with E-state index >= 15 is 0 Å². The molecule has 2 atom stereocenters. The van der Waals surface area contributed by atoms with Crippen molar-refractivity contribution in [1.82, 2.24) is 0 Å². The third kappa shape index (κ3) is 3.19. The zero-order valence-electron chi connectivity index (χ0n) is 11.4. The van der Waals surface area contributed by atoms with Gasteiger partial charge in [-0.05, 0) is 38.7 Å². The highest BCUT2D eigenvalue weighted by molar-refractivity contribution is 5.55. The maximum atomic E-state index is 9.96. The molecule has 0 radical (unpaired) electrons. The van der Waals surface area contributed by atoms with Crippen molar-refractivity contribution >= 4 is 5.69 Å². The molecule has 1 aromatic rings. The van der Waals surface area contributed by atoms with Crippen LogP contribution < -0.4 is 4.90 Å². The lowest BCUT2D eigenvalue weighted by Gasteiger charge is -2.27. The lowest BCUT2D eigenvalue weighted by atomic mass is 10.1. The molecule has 106 valence electrons. The highest BCUT2D eigenvalue weighted by Gasteiger charge is 2.24. The van der Waals surface area contributed by atoms with Crippen molar-refractivity contribution in [2.75, 3.05) is 18.1 Å². The average molecular weight is 265 g/mol. The molecule has 1 aromatic carbocycles. The van der Waals surface area contributed by atoms with Gasteiger partial charge in [-0.3, -0.25) is 0 Å². The number of aromatic hydroxyl groups is 1. The Hall–Kier alpha value is -1.26. The molecule has 0 amide bonds. The molecule has 0 aliphatic carbocycles. The van der Waals surface area contributed by atoms with Gasteiger partial charge in [-0.25, -0.2) is 0 Å². The van der Waals surface area contributed by atoms with Crippen molar-refractivity contribution in [2.24, 2.45) is 0 Å². The number of rotatable bonds is 5. The summed E-state index contributed by atoms with van der Waals surface area (Å²) in [5.41, 5.74) is 1.57. The summed E-state index contributed by atoms with van der Waals surface area (Å²) < 4.78 is 0. The molecule has 1 heterocycles. The third-order valence-electron chi connectivity index (χ3n) is 3.87. The number of hydrogen-bond donors (Lipinski definition) is 3. The Morgan fingerprint density at radius 2 is 2.21 bits per heavy atom. The van der Waals surface area contributed by atoms with Crippen molar-refractivity contribution in [3.63, 3.8) is 0 Å². The number of phenols is 1. The predicted molar refractivity (Wildman–Crippen MR) is 75.4 cm³/mol. The second-order valence-electron chi connectivity index (χ2n) is 5.27. The van der Waals surface area contributed by atoms with Gasteiger partial charge in [0, 0.05) is 36.5 Å². The Morgan fingerprint density at radius 1 is 1.42 bits per heavy atom. The number of aliphatic hydroxyl groups is 2. The van der Waals surface area contributed by atoms with E-state index < -0.39 is 6.10 Å². The summed E-state index contributed by atoms with van der Waals surface area (Å²) in [6.07, 6.45) is 3.43. The van der Waals surface area contributed by atoms with Crippen LogP contribution in [-0.4, -0.2) is 34.5 Å². The molecule has 1 fully saturated rings. The molecule has 1 aliphatic heterocycles. The van der Waals surface area contributed by atoms with E-state index in [-0.39, 0.29) is 12.4 Å². The zero-order chi connectivity index (χ0) is 13.8. The molecule has 4 nitrogen and oxygen atoms in total. The summed E-state index contributed by atoms with van der Waals surface area (Å²) in [5.74, 6) is 0.153. The van der Waals surface area contributed by atoms with Gasteiger partial charge in [0.2, 0.25) is 0 Å². The number of nitrogens with zero attached hydrogens (tertiary/aromatic N) is 1. The molecule has 0 spiro atoms. The standard InChI is InChI=1S/C15H23NO3/c1-11(18)14-7-6-13(10-15(14)19)16-8-2-4-12(16)5-3-9-17/h6-7,10-12,17-19H,2-5,8-9H2,1H3. The molecule has 0 aromatic heterocycles. The zero-order valence-corrected chi connectivity index (χ0v) is 11.4. The Bertz CT molecular complexity index is 420. The molecule has 4 heteroatoms. The quantitative estimate of drug-likeness (QED) is 0.763. The van der Waals surface area contributed by atoms with Crippen LogP contribution in [-0.2, 0) is 0 Å². The minimum atomic E-state index is -0.655. The van der Waals surface area contributed by atoms with E-state index in [0.717, 1.165) is 37.9 Å². The number of hydrogen-bond acceptors (Lipinski definition) is 4. The van der Waals surface area contributed by atoms with Gasteiger partial charge in [-0.2, -0.15) is 0 Å². The summed E-state index contributed by atoms with van der Waals surface area (Å²) in [6, 6.07) is 5.93. The monoisotopic (exact) mass is 265 g/mol. The number of aliphatic hydroxyl groups excluding tert-OH is 2. The SMILES string of the molecule is CC(O)c1ccc(N2CCCC2CCCO)cc1O. The fourth-order valence-electron chi connectivity index (χ4n) is 2.87. The molecular weight excluding hydrogens is 242 g/mol. The number of anilines is 1. The van der Waals surface area contributed by atoms with Gasteiger partial charge < -0.3 is 20.2 Å². The summed E-state index contributed by atoms with van der Waals surface area (Å²) >= 11 is 0. The van der Waals surface area contributed by atoms with E-state index in [4.69, 9.17) is 5.11 Å². The molecule has 3 N–H and O–H groups in total. The molecule has 1 saturated heterocycles. The van der Waals surface area contributed by atoms with Gasteiger partial charge in [0.15, 0.2) is 0 Å². The van der Waals surface area contributed by atoms with Crippen molar-refractivity contribution in [2.45, 2.75) is 44.8 Å². The summed E-state index contributed by atoms with van der Waals surface area (Å²) in [6.45, 7) is 2.87. The second kappa shape index (κ2) is 6.26. The van der Waals surface area contributed by atoms with Crippen LogP contribution in [0.5, 0.6) is 5.75 Å². The molecule has 2 unspecified atom stereocenters. The van der Waals surface area contributed by atoms with E-state index in [2.05, 4.69) is 4.90 Å². The summed E-state index contributed by atoms with van der Waals surface area (Å²) in [5, 5.41) is 28.4. The van der Waals surface area contributed by atoms with Crippen molar-refractivity contribution in [3.05, 3.63) is 23.8 Å². The first-order valence-corrected chi connectivity index (χ1v) is 7.02. The first kappa shape index (κ1) is 14.2. The Balaban J connectivity index is 2.14. The lowest BCUT2D eigenvalue weighted by molar-refractivity contribution is 0.195. The summed E-state index contributed by atoms with van der Waals surface area (Å²) in [7, 11) is 0. The predicted octanol–water partition coefficient (Wildman–Crippen LogP) is 2.19. The summed E-state index contributed by atoms with van der Waals surface area (Å²) in [4.78, 5) is 2.29. The number of benzene rings is 1. The van der Waals surface area contributed by atoms with Gasteiger partial charge in [0.1, 0.15) is 5.75 Å². The van der Waals surface area contributed by atoms with Crippen LogP contribution in [0.3, 0.4) is 0 Å². The maximum Gasteiger partial charge on any atom is 0.123 e. The van der Waals surface area contributed by atoms with Crippen molar-refractivity contribution < 1.29 is 15.3 Å². The van der Waals surface area contributed by atoms with Crippen molar-refractivity contribution in [1.29, 1.82) is 0 Å². The van der Waals surface area contributed by atoms with Crippen LogP contribution in [0.1, 0.15) is 44.3 Å². The average Bonchev–Trinajstić information content (AvgIpc) is 2.83. The molecule has 19 heavy (non-hydrogen) atoms. The smallest absolute Gasteiger partial charge is 0.123 e.